The fraction of sp³-hybridized carbons (Fsp3) is 0.425. The highest BCUT2D eigenvalue weighted by atomic mass is 35.5. The molecule has 0 unspecified atom stereocenters. The van der Waals surface area contributed by atoms with E-state index in [-0.39, 0.29) is 62.7 Å². The second-order valence-electron chi connectivity index (χ2n) is 15.1. The van der Waals surface area contributed by atoms with Gasteiger partial charge in [0.25, 0.3) is 5.91 Å². The van der Waals surface area contributed by atoms with Crippen molar-refractivity contribution >= 4 is 46.9 Å². The molecule has 55 heavy (non-hydrogen) atoms. The molecule has 3 aromatic carbocycles. The summed E-state index contributed by atoms with van der Waals surface area (Å²) in [7, 11) is 0. The molecule has 3 atom stereocenters. The molecule has 6 rings (SSSR count). The van der Waals surface area contributed by atoms with Gasteiger partial charge in [0.2, 0.25) is 5.82 Å². The Morgan fingerprint density at radius 1 is 0.945 bits per heavy atom. The summed E-state index contributed by atoms with van der Waals surface area (Å²) in [6.07, 6.45) is -0.146. The van der Waals surface area contributed by atoms with Gasteiger partial charge in [-0.05, 0) is 87.1 Å². The Labute approximate surface area is 327 Å². The number of halogens is 5. The fourth-order valence-electron chi connectivity index (χ4n) is 6.89. The SMILES string of the molecule is C[C@@H](COc1ccc(C2=C(C(=O)N(Cc3cccc(Cl)c3Cl)C3CC3)[C@@H]3CN(C(=O)OC(C)(C)C)C[C@H](C2)N3C(=O)O)cc1)COc1c(F)ccc(F)c1F. The minimum absolute atomic E-state index is 0.0672. The van der Waals surface area contributed by atoms with Gasteiger partial charge in [-0.15, -0.1) is 0 Å². The normalized spacial score (nSPS) is 18.9. The van der Waals surface area contributed by atoms with Gasteiger partial charge >= 0.3 is 12.2 Å². The van der Waals surface area contributed by atoms with Crippen molar-refractivity contribution in [3.63, 3.8) is 0 Å². The van der Waals surface area contributed by atoms with Crippen molar-refractivity contribution in [2.45, 2.75) is 77.2 Å². The molecule has 2 bridgehead atoms. The summed E-state index contributed by atoms with van der Waals surface area (Å²) in [5, 5.41) is 11.2. The molecule has 2 aliphatic heterocycles. The highest BCUT2D eigenvalue weighted by Crippen LogP contribution is 2.42. The van der Waals surface area contributed by atoms with E-state index in [1.165, 1.54) is 9.80 Å². The lowest BCUT2D eigenvalue weighted by molar-refractivity contribution is -0.129. The molecule has 10 nitrogen and oxygen atoms in total. The Kier molecular flexibility index (Phi) is 11.8. The maximum Gasteiger partial charge on any atom is 0.410 e. The number of benzene rings is 3. The summed E-state index contributed by atoms with van der Waals surface area (Å²) < 4.78 is 58.4. The van der Waals surface area contributed by atoms with Crippen molar-refractivity contribution in [1.82, 2.24) is 14.7 Å². The van der Waals surface area contributed by atoms with Gasteiger partial charge in [0, 0.05) is 37.2 Å². The highest BCUT2D eigenvalue weighted by molar-refractivity contribution is 6.42. The topological polar surface area (TPSA) is 109 Å². The maximum atomic E-state index is 14.9. The van der Waals surface area contributed by atoms with E-state index in [9.17, 15) is 32.7 Å². The van der Waals surface area contributed by atoms with E-state index >= 15 is 0 Å². The summed E-state index contributed by atoms with van der Waals surface area (Å²) in [6.45, 7) is 7.06. The van der Waals surface area contributed by atoms with E-state index in [0.717, 1.165) is 18.9 Å². The third kappa shape index (κ3) is 9.10. The van der Waals surface area contributed by atoms with Gasteiger partial charge in [0.05, 0.1) is 35.3 Å². The van der Waals surface area contributed by atoms with Crippen LogP contribution in [0.15, 0.2) is 60.2 Å². The molecule has 3 aliphatic rings. The summed E-state index contributed by atoms with van der Waals surface area (Å²) in [5.74, 6) is -4.68. The van der Waals surface area contributed by atoms with Crippen LogP contribution in [-0.4, -0.2) is 87.9 Å². The second-order valence-corrected chi connectivity index (χ2v) is 15.9. The van der Waals surface area contributed by atoms with Crippen LogP contribution in [0.25, 0.3) is 5.57 Å². The summed E-state index contributed by atoms with van der Waals surface area (Å²) in [6, 6.07) is 11.9. The van der Waals surface area contributed by atoms with Crippen LogP contribution in [0.1, 0.15) is 58.1 Å². The number of ether oxygens (including phenoxy) is 3. The first-order valence-electron chi connectivity index (χ1n) is 18.0. The van der Waals surface area contributed by atoms with Crippen molar-refractivity contribution in [3.8, 4) is 11.5 Å². The molecule has 0 aromatic heterocycles. The number of hydrogen-bond donors (Lipinski definition) is 1. The number of rotatable bonds is 11. The first kappa shape index (κ1) is 40.1. The van der Waals surface area contributed by atoms with Crippen LogP contribution >= 0.6 is 23.2 Å². The van der Waals surface area contributed by atoms with E-state index in [4.69, 9.17) is 37.4 Å². The molecule has 1 aliphatic carbocycles. The van der Waals surface area contributed by atoms with Gasteiger partial charge in [-0.25, -0.2) is 18.4 Å². The molecule has 2 heterocycles. The maximum absolute atomic E-state index is 14.9. The van der Waals surface area contributed by atoms with Crippen LogP contribution in [-0.2, 0) is 16.1 Å². The molecule has 15 heteroatoms. The van der Waals surface area contributed by atoms with Crippen molar-refractivity contribution in [2.24, 2.45) is 5.92 Å². The molecule has 1 N–H and O–H groups in total. The van der Waals surface area contributed by atoms with Gasteiger partial charge < -0.3 is 29.1 Å². The van der Waals surface area contributed by atoms with Crippen molar-refractivity contribution in [3.05, 3.63) is 98.8 Å². The van der Waals surface area contributed by atoms with Crippen molar-refractivity contribution in [1.29, 1.82) is 0 Å². The monoisotopic (exact) mass is 803 g/mol. The lowest BCUT2D eigenvalue weighted by Gasteiger charge is -2.50. The first-order chi connectivity index (χ1) is 26.0. The minimum Gasteiger partial charge on any atom is -0.493 e. The standard InChI is InChI=1S/C40H42Cl2F3N3O7/c1-22(21-54-36-31(44)15-14-30(43)35(36)45)20-53-27-12-8-23(9-13-27)28-16-26-18-46(39(52)55-40(2,3)4)19-32(48(26)38(50)51)33(28)37(49)47(25-10-11-25)17-24-6-5-7-29(41)34(24)42/h5-9,12-15,22,25-26,32H,10-11,16-21H2,1-4H3,(H,50,51)/t22-,26-,32-/m0/s1. The number of fused-ring (bicyclic) bond motifs is 2. The van der Waals surface area contributed by atoms with E-state index in [2.05, 4.69) is 0 Å². The predicted molar refractivity (Wildman–Crippen MR) is 200 cm³/mol. The van der Waals surface area contributed by atoms with Crippen LogP contribution < -0.4 is 9.47 Å². The Hall–Kier alpha value is -4.62. The molecular weight excluding hydrogens is 762 g/mol. The first-order valence-corrected chi connectivity index (χ1v) is 18.7. The Morgan fingerprint density at radius 2 is 1.62 bits per heavy atom. The minimum atomic E-state index is -1.40. The molecule has 0 spiro atoms. The number of carbonyl (C=O) groups excluding carboxylic acids is 2. The van der Waals surface area contributed by atoms with Crippen LogP contribution in [0, 0.1) is 23.4 Å². The number of carbonyl (C=O) groups is 3. The molecule has 3 aromatic rings. The van der Waals surface area contributed by atoms with Gasteiger partial charge in [-0.1, -0.05) is 54.4 Å². The number of carboxylic acid groups (broad SMARTS) is 1. The van der Waals surface area contributed by atoms with Gasteiger partial charge in [-0.3, -0.25) is 9.69 Å². The van der Waals surface area contributed by atoms with Gasteiger partial charge in [0.1, 0.15) is 11.4 Å². The molecule has 3 amide bonds. The largest absolute Gasteiger partial charge is 0.493 e. The molecule has 0 radical (unpaired) electrons. The van der Waals surface area contributed by atoms with E-state index < -0.39 is 53.1 Å². The number of nitrogens with zero attached hydrogens (tertiary/aromatic N) is 3. The van der Waals surface area contributed by atoms with E-state index in [1.54, 1.807) is 75.1 Å². The zero-order valence-corrected chi connectivity index (χ0v) is 32.3. The second kappa shape index (κ2) is 16.2. The molecule has 1 saturated heterocycles. The van der Waals surface area contributed by atoms with E-state index in [1.807, 2.05) is 0 Å². The number of piperazine rings is 1. The Balaban J connectivity index is 1.29. The third-order valence-electron chi connectivity index (χ3n) is 9.63. The quantitative estimate of drug-likeness (QED) is 0.193. The van der Waals surface area contributed by atoms with Crippen LogP contribution in [0.4, 0.5) is 22.8 Å². The van der Waals surface area contributed by atoms with Gasteiger partial charge in [-0.2, -0.15) is 4.39 Å². The van der Waals surface area contributed by atoms with E-state index in [0.29, 0.717) is 38.6 Å². The summed E-state index contributed by atoms with van der Waals surface area (Å²) >= 11 is 12.9. The zero-order valence-electron chi connectivity index (χ0n) is 30.8. The van der Waals surface area contributed by atoms with Gasteiger partial charge in [0.15, 0.2) is 17.4 Å². The average molecular weight is 805 g/mol. The Morgan fingerprint density at radius 3 is 2.27 bits per heavy atom. The Bertz CT molecular complexity index is 1990. The summed E-state index contributed by atoms with van der Waals surface area (Å²) in [4.78, 5) is 45.6. The predicted octanol–water partition coefficient (Wildman–Crippen LogP) is 8.82. The average Bonchev–Trinajstić information content (AvgIpc) is 3.97. The lowest BCUT2D eigenvalue weighted by atomic mass is 9.81. The molecule has 2 fully saturated rings. The molecule has 294 valence electrons. The van der Waals surface area contributed by atoms with Crippen molar-refractivity contribution in [2.75, 3.05) is 26.3 Å². The van der Waals surface area contributed by atoms with Crippen LogP contribution in [0.5, 0.6) is 11.5 Å². The third-order valence-corrected chi connectivity index (χ3v) is 10.5. The molecule has 1 saturated carbocycles. The highest BCUT2D eigenvalue weighted by Gasteiger charge is 2.50. The molecular formula is C40H42Cl2F3N3O7. The fourth-order valence-corrected chi connectivity index (χ4v) is 7.26. The number of hydrogen-bond acceptors (Lipinski definition) is 6. The van der Waals surface area contributed by atoms with Crippen LogP contribution in [0.2, 0.25) is 10.0 Å². The van der Waals surface area contributed by atoms with Crippen LogP contribution in [0.3, 0.4) is 0 Å². The zero-order chi connectivity index (χ0) is 39.8. The lowest BCUT2D eigenvalue weighted by Crippen LogP contribution is -2.65. The summed E-state index contributed by atoms with van der Waals surface area (Å²) in [5.41, 5.74) is 1.43. The number of amides is 3. The smallest absolute Gasteiger partial charge is 0.410 e. The van der Waals surface area contributed by atoms with Crippen molar-refractivity contribution < 1.29 is 46.9 Å².